The molecule has 1 aromatic heterocycles. The highest BCUT2D eigenvalue weighted by Gasteiger charge is 2.06. The molecule has 0 aliphatic rings. The van der Waals surface area contributed by atoms with Gasteiger partial charge in [-0.05, 0) is 18.2 Å². The average molecular weight is 228 g/mol. The van der Waals surface area contributed by atoms with Gasteiger partial charge in [-0.25, -0.2) is 0 Å². The van der Waals surface area contributed by atoms with Crippen LogP contribution in [0.15, 0.2) is 22.6 Å². The fourth-order valence-electron chi connectivity index (χ4n) is 1.17. The maximum atomic E-state index is 8.57. The Morgan fingerprint density at radius 3 is 3.13 bits per heavy atom. The minimum Gasteiger partial charge on any atom is -0.450 e. The topological polar surface area (TPSA) is 55.5 Å². The second kappa shape index (κ2) is 4.51. The SMILES string of the molecule is OCCCOc1nc2cc(Cl)ccc2o1. The van der Waals surface area contributed by atoms with Gasteiger partial charge in [0, 0.05) is 18.1 Å². The van der Waals surface area contributed by atoms with Crippen molar-refractivity contribution in [3.63, 3.8) is 0 Å². The van der Waals surface area contributed by atoms with Crippen LogP contribution in [0, 0.1) is 0 Å². The largest absolute Gasteiger partial charge is 0.450 e. The number of ether oxygens (including phenoxy) is 1. The molecule has 0 saturated carbocycles. The van der Waals surface area contributed by atoms with Gasteiger partial charge in [0.15, 0.2) is 5.58 Å². The van der Waals surface area contributed by atoms with Gasteiger partial charge in [-0.2, -0.15) is 4.98 Å². The molecule has 0 bridgehead atoms. The second-order valence-corrected chi connectivity index (χ2v) is 3.45. The van der Waals surface area contributed by atoms with Crippen LogP contribution in [0.5, 0.6) is 6.08 Å². The summed E-state index contributed by atoms with van der Waals surface area (Å²) in [7, 11) is 0. The van der Waals surface area contributed by atoms with E-state index in [0.29, 0.717) is 29.2 Å². The van der Waals surface area contributed by atoms with Gasteiger partial charge in [0.1, 0.15) is 5.52 Å². The number of fused-ring (bicyclic) bond motifs is 1. The van der Waals surface area contributed by atoms with Crippen LogP contribution in [0.4, 0.5) is 0 Å². The third kappa shape index (κ3) is 2.40. The molecule has 4 nitrogen and oxygen atoms in total. The summed E-state index contributed by atoms with van der Waals surface area (Å²) in [5.74, 6) is 0. The Morgan fingerprint density at radius 2 is 2.33 bits per heavy atom. The molecule has 1 aromatic carbocycles. The van der Waals surface area contributed by atoms with Gasteiger partial charge in [-0.1, -0.05) is 11.6 Å². The Hall–Kier alpha value is -1.26. The first kappa shape index (κ1) is 10.3. The molecule has 0 radical (unpaired) electrons. The van der Waals surface area contributed by atoms with Crippen LogP contribution in [0.3, 0.4) is 0 Å². The molecule has 80 valence electrons. The summed E-state index contributed by atoms with van der Waals surface area (Å²) < 4.78 is 10.5. The molecule has 0 aliphatic heterocycles. The average Bonchev–Trinajstić information content (AvgIpc) is 2.60. The van der Waals surface area contributed by atoms with Crippen molar-refractivity contribution in [3.8, 4) is 6.08 Å². The first-order chi connectivity index (χ1) is 7.29. The van der Waals surface area contributed by atoms with Crippen LogP contribution in [0.2, 0.25) is 5.02 Å². The number of hydrogen-bond acceptors (Lipinski definition) is 4. The highest BCUT2D eigenvalue weighted by Crippen LogP contribution is 2.23. The molecule has 0 amide bonds. The summed E-state index contributed by atoms with van der Waals surface area (Å²) >= 11 is 5.80. The number of halogens is 1. The molecule has 0 aliphatic carbocycles. The van der Waals surface area contributed by atoms with Crippen LogP contribution in [-0.2, 0) is 0 Å². The molecule has 0 unspecified atom stereocenters. The number of aliphatic hydroxyl groups excluding tert-OH is 1. The molecule has 0 fully saturated rings. The number of nitrogens with zero attached hydrogens (tertiary/aromatic N) is 1. The van der Waals surface area contributed by atoms with Crippen molar-refractivity contribution in [3.05, 3.63) is 23.2 Å². The smallest absolute Gasteiger partial charge is 0.394 e. The zero-order chi connectivity index (χ0) is 10.7. The fourth-order valence-corrected chi connectivity index (χ4v) is 1.33. The lowest BCUT2D eigenvalue weighted by molar-refractivity contribution is 0.198. The van der Waals surface area contributed by atoms with E-state index in [2.05, 4.69) is 4.98 Å². The number of aromatic nitrogens is 1. The van der Waals surface area contributed by atoms with Crippen molar-refractivity contribution in [1.29, 1.82) is 0 Å². The molecule has 0 saturated heterocycles. The first-order valence-corrected chi connectivity index (χ1v) is 4.97. The van der Waals surface area contributed by atoms with E-state index in [4.69, 9.17) is 25.9 Å². The molecule has 0 atom stereocenters. The van der Waals surface area contributed by atoms with Crippen LogP contribution in [0.25, 0.3) is 11.1 Å². The maximum Gasteiger partial charge on any atom is 0.394 e. The van der Waals surface area contributed by atoms with Gasteiger partial charge < -0.3 is 14.3 Å². The summed E-state index contributed by atoms with van der Waals surface area (Å²) in [5, 5.41) is 9.18. The predicted molar refractivity (Wildman–Crippen MR) is 56.2 cm³/mol. The second-order valence-electron chi connectivity index (χ2n) is 3.02. The Bertz CT molecular complexity index is 455. The molecule has 1 N–H and O–H groups in total. The van der Waals surface area contributed by atoms with Gasteiger partial charge >= 0.3 is 6.08 Å². The quantitative estimate of drug-likeness (QED) is 0.814. The van der Waals surface area contributed by atoms with Gasteiger partial charge in [0.2, 0.25) is 0 Å². The van der Waals surface area contributed by atoms with E-state index in [9.17, 15) is 0 Å². The van der Waals surface area contributed by atoms with E-state index in [1.807, 2.05) is 0 Å². The summed E-state index contributed by atoms with van der Waals surface area (Å²) in [6, 6.07) is 5.18. The number of oxazole rings is 1. The molecule has 0 spiro atoms. The van der Waals surface area contributed by atoms with E-state index in [1.54, 1.807) is 18.2 Å². The zero-order valence-electron chi connectivity index (χ0n) is 7.94. The third-order valence-electron chi connectivity index (χ3n) is 1.86. The highest BCUT2D eigenvalue weighted by atomic mass is 35.5. The minimum absolute atomic E-state index is 0.0893. The fraction of sp³-hybridized carbons (Fsp3) is 0.300. The molecule has 2 rings (SSSR count). The number of hydrogen-bond donors (Lipinski definition) is 1. The monoisotopic (exact) mass is 227 g/mol. The molecule has 2 aromatic rings. The van der Waals surface area contributed by atoms with Crippen LogP contribution < -0.4 is 4.74 Å². The van der Waals surface area contributed by atoms with E-state index in [1.165, 1.54) is 0 Å². The van der Waals surface area contributed by atoms with E-state index in [-0.39, 0.29) is 12.7 Å². The zero-order valence-corrected chi connectivity index (χ0v) is 8.70. The number of aliphatic hydroxyl groups is 1. The first-order valence-electron chi connectivity index (χ1n) is 4.59. The van der Waals surface area contributed by atoms with Gasteiger partial charge in [-0.15, -0.1) is 0 Å². The normalized spacial score (nSPS) is 10.8. The Kier molecular flexibility index (Phi) is 3.08. The lowest BCUT2D eigenvalue weighted by Crippen LogP contribution is -1.99. The van der Waals surface area contributed by atoms with Gasteiger partial charge in [-0.3, -0.25) is 0 Å². The van der Waals surface area contributed by atoms with Crippen molar-refractivity contribution >= 4 is 22.7 Å². The maximum absolute atomic E-state index is 8.57. The van der Waals surface area contributed by atoms with Crippen LogP contribution in [0.1, 0.15) is 6.42 Å². The third-order valence-corrected chi connectivity index (χ3v) is 2.09. The van der Waals surface area contributed by atoms with E-state index < -0.39 is 0 Å². The summed E-state index contributed by atoms with van der Waals surface area (Å²) in [6.45, 7) is 0.475. The summed E-state index contributed by atoms with van der Waals surface area (Å²) in [6.07, 6.45) is 0.764. The van der Waals surface area contributed by atoms with Crippen molar-refractivity contribution in [2.24, 2.45) is 0 Å². The van der Waals surface area contributed by atoms with Crippen LogP contribution in [-0.4, -0.2) is 23.3 Å². The Morgan fingerprint density at radius 1 is 1.47 bits per heavy atom. The van der Waals surface area contributed by atoms with Crippen molar-refractivity contribution < 1.29 is 14.3 Å². The molecule has 1 heterocycles. The Balaban J connectivity index is 2.16. The molecular formula is C10H10ClNO3. The highest BCUT2D eigenvalue weighted by molar-refractivity contribution is 6.31. The standard InChI is InChI=1S/C10H10ClNO3/c11-7-2-3-9-8(6-7)12-10(15-9)14-5-1-4-13/h2-3,6,13H,1,4-5H2. The Labute approximate surface area is 91.4 Å². The van der Waals surface area contributed by atoms with E-state index in [0.717, 1.165) is 0 Å². The van der Waals surface area contributed by atoms with Crippen molar-refractivity contribution in [1.82, 2.24) is 4.98 Å². The van der Waals surface area contributed by atoms with Gasteiger partial charge in [0.25, 0.3) is 0 Å². The number of benzene rings is 1. The predicted octanol–water partition coefficient (Wildman–Crippen LogP) is 2.24. The molecule has 5 heteroatoms. The molecular weight excluding hydrogens is 218 g/mol. The summed E-state index contributed by atoms with van der Waals surface area (Å²) in [5.41, 5.74) is 1.31. The lowest BCUT2D eigenvalue weighted by Gasteiger charge is -1.96. The van der Waals surface area contributed by atoms with E-state index >= 15 is 0 Å². The van der Waals surface area contributed by atoms with Crippen molar-refractivity contribution in [2.45, 2.75) is 6.42 Å². The van der Waals surface area contributed by atoms with Crippen LogP contribution >= 0.6 is 11.6 Å². The van der Waals surface area contributed by atoms with Gasteiger partial charge in [0.05, 0.1) is 6.61 Å². The van der Waals surface area contributed by atoms with Crippen molar-refractivity contribution in [2.75, 3.05) is 13.2 Å². The lowest BCUT2D eigenvalue weighted by atomic mass is 10.3. The summed E-state index contributed by atoms with van der Waals surface area (Å²) in [4.78, 5) is 4.09. The number of rotatable bonds is 4. The molecule has 15 heavy (non-hydrogen) atoms. The minimum atomic E-state index is 0.0893.